The monoisotopic (exact) mass is 477 g/mol. The van der Waals surface area contributed by atoms with E-state index in [0.29, 0.717) is 0 Å². The summed E-state index contributed by atoms with van der Waals surface area (Å²) in [5.41, 5.74) is 10.4. The molecule has 2 aromatic carbocycles. The average Bonchev–Trinajstić information content (AvgIpc) is 3.21. The summed E-state index contributed by atoms with van der Waals surface area (Å²) in [7, 11) is 0. The molecule has 7 heteroatoms. The number of carbonyl (C=O) groups excluding carboxylic acids is 4. The van der Waals surface area contributed by atoms with Crippen molar-refractivity contribution in [1.82, 2.24) is 0 Å². The number of benzene rings is 2. The first-order valence-corrected chi connectivity index (χ1v) is 9.07. The van der Waals surface area contributed by atoms with E-state index in [-0.39, 0.29) is 17.1 Å². The molecular weight excluding hydrogens is 448 g/mol. The van der Waals surface area contributed by atoms with Gasteiger partial charge in [0.15, 0.2) is 0 Å². The molecule has 32 heavy (non-hydrogen) atoms. The van der Waals surface area contributed by atoms with Crippen molar-refractivity contribution >= 4 is 38.5 Å². The van der Waals surface area contributed by atoms with Gasteiger partial charge in [-0.25, -0.2) is 0 Å². The molecule has 6 nitrogen and oxygen atoms in total. The van der Waals surface area contributed by atoms with Crippen molar-refractivity contribution in [1.29, 1.82) is 0 Å². The maximum atomic E-state index is 7.75. The third-order valence-corrected chi connectivity index (χ3v) is 4.42. The third-order valence-electron chi connectivity index (χ3n) is 4.42. The quantitative estimate of drug-likeness (QED) is 0.364. The summed E-state index contributed by atoms with van der Waals surface area (Å²) in [6, 6.07) is 8.98. The fourth-order valence-corrected chi connectivity index (χ4v) is 3.78. The zero-order valence-electron chi connectivity index (χ0n) is 19.2. The first kappa shape index (κ1) is 33.6. The van der Waals surface area contributed by atoms with Crippen LogP contribution in [0.3, 0.4) is 0 Å². The Morgan fingerprint density at radius 3 is 0.969 bits per heavy atom. The summed E-state index contributed by atoms with van der Waals surface area (Å²) in [6.07, 6.45) is 4.28. The van der Waals surface area contributed by atoms with Crippen molar-refractivity contribution < 1.29 is 36.2 Å². The molecule has 3 rings (SSSR count). The van der Waals surface area contributed by atoms with Crippen LogP contribution in [-0.4, -0.2) is 27.2 Å². The first-order chi connectivity index (χ1) is 14.9. The number of nitrogens with zero attached hydrogens (tertiary/aromatic N) is 2. The molecule has 0 bridgehead atoms. The molecule has 1 aliphatic rings. The predicted molar refractivity (Wildman–Crippen MR) is 127 cm³/mol. The van der Waals surface area contributed by atoms with Gasteiger partial charge in [0.2, 0.25) is 0 Å². The molecule has 0 aromatic heterocycles. The standard InChI is InChI=1S/C21H25N2.4CHO.Fe/c1-14-9-16(3)20(17(4)10-14)22-7-8-23(13-22)21-18(5)11-15(2)12-19(21)6;4*1-2;/h7-13H,1-6H3;4*1H;/q5*-1;+5. The van der Waals surface area contributed by atoms with Crippen LogP contribution >= 0.6 is 0 Å². The van der Waals surface area contributed by atoms with Crippen LogP contribution in [0.5, 0.6) is 0 Å². The van der Waals surface area contributed by atoms with E-state index in [0.717, 1.165) is 0 Å². The summed E-state index contributed by atoms with van der Waals surface area (Å²) in [6.45, 7) is 28.2. The fraction of sp³-hybridized carbons (Fsp3) is 0.240. The van der Waals surface area contributed by atoms with E-state index in [1.165, 1.54) is 44.8 Å². The van der Waals surface area contributed by atoms with Gasteiger partial charge in [-0.3, -0.25) is 27.2 Å². The van der Waals surface area contributed by atoms with E-state index in [1.54, 1.807) is 0 Å². The summed E-state index contributed by atoms with van der Waals surface area (Å²) >= 11 is 0. The maximum absolute atomic E-state index is 7.75. The maximum Gasteiger partial charge on any atom is 5.00 e. The van der Waals surface area contributed by atoms with Gasteiger partial charge in [-0.05, 0) is 76.2 Å². The van der Waals surface area contributed by atoms with Gasteiger partial charge in [0, 0.05) is 11.4 Å². The van der Waals surface area contributed by atoms with Crippen molar-refractivity contribution in [2.24, 2.45) is 0 Å². The minimum atomic E-state index is 0. The smallest absolute Gasteiger partial charge is 0.545 e. The third kappa shape index (κ3) is 8.61. The Kier molecular flexibility index (Phi) is 18.5. The van der Waals surface area contributed by atoms with Gasteiger partial charge < -0.3 is 29.0 Å². The Balaban J connectivity index is -0.000000844. The number of rotatable bonds is 2. The molecule has 0 atom stereocenters. The van der Waals surface area contributed by atoms with Crippen molar-refractivity contribution in [2.45, 2.75) is 41.5 Å². The van der Waals surface area contributed by atoms with Gasteiger partial charge in [0.25, 0.3) is 0 Å². The molecule has 1 radical (unpaired) electrons. The predicted octanol–water partition coefficient (Wildman–Crippen LogP) is 4.36. The second-order valence-corrected chi connectivity index (χ2v) is 6.72. The van der Waals surface area contributed by atoms with E-state index in [4.69, 9.17) is 19.2 Å². The summed E-state index contributed by atoms with van der Waals surface area (Å²) in [5.74, 6) is 0. The van der Waals surface area contributed by atoms with Crippen LogP contribution in [0, 0.1) is 48.2 Å². The number of hydrogen-bond donors (Lipinski definition) is 0. The Hall–Kier alpha value is -3.02. The van der Waals surface area contributed by atoms with Gasteiger partial charge in [0.1, 0.15) is 0 Å². The Labute approximate surface area is 202 Å². The molecule has 0 N–H and O–H groups in total. The van der Waals surface area contributed by atoms with E-state index in [9.17, 15) is 0 Å². The van der Waals surface area contributed by atoms with Gasteiger partial charge >= 0.3 is 17.1 Å². The van der Waals surface area contributed by atoms with Crippen LogP contribution in [0.1, 0.15) is 33.4 Å². The molecule has 0 saturated carbocycles. The Morgan fingerprint density at radius 1 is 0.531 bits per heavy atom. The number of aryl methyl sites for hydroxylation is 6. The van der Waals surface area contributed by atoms with E-state index in [2.05, 4.69) is 122 Å². The normalized spacial score (nSPS) is 10.6. The molecule has 0 fully saturated rings. The van der Waals surface area contributed by atoms with E-state index >= 15 is 0 Å². The second kappa shape index (κ2) is 17.6. The average molecular weight is 477 g/mol. The molecule has 0 amide bonds. The number of anilines is 2. The summed E-state index contributed by atoms with van der Waals surface area (Å²) in [5, 5.41) is 0. The molecule has 1 heterocycles. The molecule has 171 valence electrons. The molecule has 0 saturated heterocycles. The first-order valence-electron chi connectivity index (χ1n) is 9.07. The van der Waals surface area contributed by atoms with Gasteiger partial charge in [-0.2, -0.15) is 0 Å². The number of hydrogen-bond acceptors (Lipinski definition) is 6. The minimum Gasteiger partial charge on any atom is -0.545 e. The molecule has 1 aliphatic heterocycles. The van der Waals surface area contributed by atoms with E-state index < -0.39 is 0 Å². The van der Waals surface area contributed by atoms with Gasteiger partial charge in [-0.15, -0.1) is 6.67 Å². The largest absolute Gasteiger partial charge is 5.00 e. The SMILES string of the molecule is Cc1cc(C)c(N2C=CN(c3c(C)cc(C)cc3C)[CH-]2)c(C)c1.[CH-]=O.[CH-]=O.[CH-]=O.[CH-]=O.[Fe+5]. The van der Waals surface area contributed by atoms with Crippen LogP contribution in [0.2, 0.25) is 0 Å². The van der Waals surface area contributed by atoms with Crippen LogP contribution in [0.4, 0.5) is 11.4 Å². The molecule has 0 spiro atoms. The topological polar surface area (TPSA) is 74.8 Å². The molecular formula is C25H29FeN2O4. The van der Waals surface area contributed by atoms with Gasteiger partial charge in [0.05, 0.1) is 0 Å². The van der Waals surface area contributed by atoms with Crippen LogP contribution in [-0.2, 0) is 36.2 Å². The summed E-state index contributed by atoms with van der Waals surface area (Å²) in [4.78, 5) is 35.5. The van der Waals surface area contributed by atoms with Crippen molar-refractivity contribution in [2.75, 3.05) is 9.80 Å². The van der Waals surface area contributed by atoms with Gasteiger partial charge in [-0.1, -0.05) is 35.4 Å². The fourth-order valence-electron chi connectivity index (χ4n) is 3.78. The zero-order chi connectivity index (χ0) is 24.7. The summed E-state index contributed by atoms with van der Waals surface area (Å²) < 4.78 is 0. The Morgan fingerprint density at radius 2 is 0.750 bits per heavy atom. The molecule has 2 aromatic rings. The molecule has 0 aliphatic carbocycles. The van der Waals surface area contributed by atoms with Crippen molar-refractivity contribution in [3.8, 4) is 0 Å². The van der Waals surface area contributed by atoms with E-state index in [1.807, 2.05) is 0 Å². The van der Waals surface area contributed by atoms with Crippen LogP contribution in [0.15, 0.2) is 36.7 Å². The van der Waals surface area contributed by atoms with Crippen molar-refractivity contribution in [3.63, 3.8) is 0 Å². The van der Waals surface area contributed by atoms with Crippen LogP contribution in [0.25, 0.3) is 0 Å². The Bertz CT molecular complexity index is 752. The second-order valence-electron chi connectivity index (χ2n) is 6.72. The van der Waals surface area contributed by atoms with Crippen LogP contribution < -0.4 is 9.80 Å². The zero-order valence-corrected chi connectivity index (χ0v) is 20.3. The minimum absolute atomic E-state index is 0. The molecule has 0 unspecified atom stereocenters. The van der Waals surface area contributed by atoms with Crippen molar-refractivity contribution in [3.05, 3.63) is 76.7 Å².